The van der Waals surface area contributed by atoms with E-state index in [1.165, 1.54) is 0 Å². The van der Waals surface area contributed by atoms with Gasteiger partial charge in [-0.1, -0.05) is 0 Å². The zero-order chi connectivity index (χ0) is 16.2. The van der Waals surface area contributed by atoms with Crippen molar-refractivity contribution in [2.24, 2.45) is 0 Å². The van der Waals surface area contributed by atoms with Crippen molar-refractivity contribution in [2.75, 3.05) is 19.8 Å². The first-order valence-electron chi connectivity index (χ1n) is 7.56. The third-order valence-electron chi connectivity index (χ3n) is 4.02. The number of carboxylic acid groups (broad SMARTS) is 1. The Balaban J connectivity index is 1.83. The molecule has 1 aliphatic rings. The molecular formula is C15H18N4O4. The Morgan fingerprint density at radius 3 is 2.74 bits per heavy atom. The van der Waals surface area contributed by atoms with Crippen molar-refractivity contribution in [3.8, 4) is 0 Å². The quantitative estimate of drug-likeness (QED) is 0.853. The van der Waals surface area contributed by atoms with E-state index >= 15 is 0 Å². The molecule has 0 radical (unpaired) electrons. The number of aromatic amines is 1. The van der Waals surface area contributed by atoms with Crippen LogP contribution in [0.15, 0.2) is 18.2 Å². The van der Waals surface area contributed by atoms with E-state index in [0.717, 1.165) is 12.8 Å². The van der Waals surface area contributed by atoms with Crippen LogP contribution in [0.5, 0.6) is 0 Å². The van der Waals surface area contributed by atoms with Gasteiger partial charge < -0.3 is 14.7 Å². The van der Waals surface area contributed by atoms with Crippen molar-refractivity contribution >= 4 is 22.9 Å². The molecule has 1 amide bonds. The zero-order valence-corrected chi connectivity index (χ0v) is 12.6. The number of fused-ring (bicyclic) bond motifs is 1. The summed E-state index contributed by atoms with van der Waals surface area (Å²) in [6.45, 7) is 1.36. The van der Waals surface area contributed by atoms with Gasteiger partial charge in [0.05, 0.1) is 6.42 Å². The predicted molar refractivity (Wildman–Crippen MR) is 81.0 cm³/mol. The first-order valence-corrected chi connectivity index (χ1v) is 7.56. The summed E-state index contributed by atoms with van der Waals surface area (Å²) in [6, 6.07) is 5.10. The average molecular weight is 318 g/mol. The SMILES string of the molecule is O=C(O)CCN(C(=O)c1ccc2n[nH]nc2c1)C1CCOCC1. The smallest absolute Gasteiger partial charge is 0.305 e. The van der Waals surface area contributed by atoms with Gasteiger partial charge in [0.15, 0.2) is 0 Å². The molecule has 8 heteroatoms. The highest BCUT2D eigenvalue weighted by Crippen LogP contribution is 2.19. The van der Waals surface area contributed by atoms with E-state index in [9.17, 15) is 9.59 Å². The summed E-state index contributed by atoms with van der Waals surface area (Å²) in [5, 5.41) is 19.4. The summed E-state index contributed by atoms with van der Waals surface area (Å²) in [6.07, 6.45) is 1.37. The Morgan fingerprint density at radius 2 is 2.00 bits per heavy atom. The molecule has 2 aromatic rings. The fourth-order valence-electron chi connectivity index (χ4n) is 2.80. The second-order valence-corrected chi connectivity index (χ2v) is 5.51. The number of nitrogens with one attached hydrogen (secondary N) is 1. The Hall–Kier alpha value is -2.48. The molecule has 2 heterocycles. The highest BCUT2D eigenvalue weighted by atomic mass is 16.5. The van der Waals surface area contributed by atoms with Crippen molar-refractivity contribution in [2.45, 2.75) is 25.3 Å². The number of carboxylic acids is 1. The summed E-state index contributed by atoms with van der Waals surface area (Å²) in [4.78, 5) is 25.4. The third-order valence-corrected chi connectivity index (χ3v) is 4.02. The van der Waals surface area contributed by atoms with Crippen LogP contribution in [-0.2, 0) is 9.53 Å². The number of H-pyrrole nitrogens is 1. The van der Waals surface area contributed by atoms with E-state index in [0.29, 0.717) is 29.8 Å². The van der Waals surface area contributed by atoms with Crippen molar-refractivity contribution in [1.29, 1.82) is 0 Å². The summed E-state index contributed by atoms with van der Waals surface area (Å²) in [5.41, 5.74) is 1.79. The van der Waals surface area contributed by atoms with Gasteiger partial charge in [-0.05, 0) is 31.0 Å². The minimum Gasteiger partial charge on any atom is -0.481 e. The first-order chi connectivity index (χ1) is 11.1. The summed E-state index contributed by atoms with van der Waals surface area (Å²) in [7, 11) is 0. The van der Waals surface area contributed by atoms with Crippen molar-refractivity contribution in [3.05, 3.63) is 23.8 Å². The minimum atomic E-state index is -0.915. The maximum atomic E-state index is 12.9. The molecule has 122 valence electrons. The lowest BCUT2D eigenvalue weighted by Gasteiger charge is -2.34. The normalized spacial score (nSPS) is 15.7. The fraction of sp³-hybridized carbons (Fsp3) is 0.467. The van der Waals surface area contributed by atoms with Gasteiger partial charge in [0, 0.05) is 31.4 Å². The van der Waals surface area contributed by atoms with Crippen LogP contribution in [0.4, 0.5) is 0 Å². The number of carbonyl (C=O) groups is 2. The Labute approximate surface area is 132 Å². The maximum absolute atomic E-state index is 12.9. The van der Waals surface area contributed by atoms with E-state index in [-0.39, 0.29) is 24.9 Å². The van der Waals surface area contributed by atoms with Gasteiger partial charge >= 0.3 is 5.97 Å². The van der Waals surface area contributed by atoms with Crippen LogP contribution in [0.3, 0.4) is 0 Å². The highest BCUT2D eigenvalue weighted by Gasteiger charge is 2.27. The molecule has 1 aromatic heterocycles. The Bertz CT molecular complexity index is 708. The molecule has 1 saturated heterocycles. The van der Waals surface area contributed by atoms with E-state index in [4.69, 9.17) is 9.84 Å². The summed E-state index contributed by atoms with van der Waals surface area (Å²) in [5.74, 6) is -1.09. The summed E-state index contributed by atoms with van der Waals surface area (Å²) >= 11 is 0. The van der Waals surface area contributed by atoms with Gasteiger partial charge in [-0.3, -0.25) is 9.59 Å². The van der Waals surface area contributed by atoms with Crippen molar-refractivity contribution in [1.82, 2.24) is 20.3 Å². The number of amides is 1. The molecular weight excluding hydrogens is 300 g/mol. The molecule has 1 fully saturated rings. The first kappa shape index (κ1) is 15.4. The van der Waals surface area contributed by atoms with Crippen LogP contribution in [-0.4, -0.2) is 63.1 Å². The van der Waals surface area contributed by atoms with E-state index in [1.54, 1.807) is 23.1 Å². The summed E-state index contributed by atoms with van der Waals surface area (Å²) < 4.78 is 5.33. The van der Waals surface area contributed by atoms with Gasteiger partial charge in [0.1, 0.15) is 11.0 Å². The third kappa shape index (κ3) is 3.48. The van der Waals surface area contributed by atoms with Crippen LogP contribution in [0.25, 0.3) is 11.0 Å². The van der Waals surface area contributed by atoms with Crippen LogP contribution in [0, 0.1) is 0 Å². The van der Waals surface area contributed by atoms with Gasteiger partial charge in [-0.2, -0.15) is 15.4 Å². The molecule has 2 N–H and O–H groups in total. The lowest BCUT2D eigenvalue weighted by atomic mass is 10.0. The second-order valence-electron chi connectivity index (χ2n) is 5.51. The average Bonchev–Trinajstić information content (AvgIpc) is 3.03. The molecule has 8 nitrogen and oxygen atoms in total. The van der Waals surface area contributed by atoms with Gasteiger partial charge in [-0.25, -0.2) is 0 Å². The number of carbonyl (C=O) groups excluding carboxylic acids is 1. The number of ether oxygens (including phenoxy) is 1. The molecule has 0 bridgehead atoms. The molecule has 0 unspecified atom stereocenters. The topological polar surface area (TPSA) is 108 Å². The maximum Gasteiger partial charge on any atom is 0.305 e. The minimum absolute atomic E-state index is 0.00334. The Kier molecular flexibility index (Phi) is 4.52. The van der Waals surface area contributed by atoms with E-state index < -0.39 is 5.97 Å². The molecule has 0 spiro atoms. The van der Waals surface area contributed by atoms with Gasteiger partial charge in [0.2, 0.25) is 0 Å². The molecule has 1 aliphatic heterocycles. The van der Waals surface area contributed by atoms with Crippen LogP contribution >= 0.6 is 0 Å². The lowest BCUT2D eigenvalue weighted by molar-refractivity contribution is -0.137. The fourth-order valence-corrected chi connectivity index (χ4v) is 2.80. The second kappa shape index (κ2) is 6.74. The largest absolute Gasteiger partial charge is 0.481 e. The predicted octanol–water partition coefficient (Wildman–Crippen LogP) is 1.05. The molecule has 0 saturated carbocycles. The lowest BCUT2D eigenvalue weighted by Crippen LogP contribution is -2.44. The monoisotopic (exact) mass is 318 g/mol. The number of hydrogen-bond acceptors (Lipinski definition) is 5. The number of rotatable bonds is 5. The van der Waals surface area contributed by atoms with Crippen LogP contribution < -0.4 is 0 Å². The molecule has 23 heavy (non-hydrogen) atoms. The molecule has 0 atom stereocenters. The molecule has 3 rings (SSSR count). The molecule has 1 aromatic carbocycles. The highest BCUT2D eigenvalue weighted by molar-refractivity contribution is 5.97. The standard InChI is InChI=1S/C15H18N4O4/c20-14(21)3-6-19(11-4-7-23-8-5-11)15(22)10-1-2-12-13(9-10)17-18-16-12/h1-2,9,11H,3-8H2,(H,20,21)(H,16,17,18). The van der Waals surface area contributed by atoms with Crippen LogP contribution in [0.1, 0.15) is 29.6 Å². The van der Waals surface area contributed by atoms with Gasteiger partial charge in [-0.15, -0.1) is 0 Å². The van der Waals surface area contributed by atoms with E-state index in [1.807, 2.05) is 0 Å². The van der Waals surface area contributed by atoms with E-state index in [2.05, 4.69) is 15.4 Å². The number of nitrogens with zero attached hydrogens (tertiary/aromatic N) is 3. The van der Waals surface area contributed by atoms with Crippen LogP contribution in [0.2, 0.25) is 0 Å². The zero-order valence-electron chi connectivity index (χ0n) is 12.6. The number of aliphatic carboxylic acids is 1. The van der Waals surface area contributed by atoms with Crippen molar-refractivity contribution < 1.29 is 19.4 Å². The number of benzene rings is 1. The van der Waals surface area contributed by atoms with Crippen molar-refractivity contribution in [3.63, 3.8) is 0 Å². The van der Waals surface area contributed by atoms with Gasteiger partial charge in [0.25, 0.3) is 5.91 Å². The molecule has 0 aliphatic carbocycles. The number of hydrogen-bond donors (Lipinski definition) is 2. The Morgan fingerprint density at radius 1 is 1.26 bits per heavy atom. The number of aromatic nitrogens is 3.